The van der Waals surface area contributed by atoms with Crippen molar-refractivity contribution in [2.24, 2.45) is 0 Å². The summed E-state index contributed by atoms with van der Waals surface area (Å²) in [4.78, 5) is 13.7. The summed E-state index contributed by atoms with van der Waals surface area (Å²) in [5, 5.41) is 9.18. The fourth-order valence-corrected chi connectivity index (χ4v) is 2.17. The van der Waals surface area contributed by atoms with Crippen LogP contribution in [0.25, 0.3) is 0 Å². The van der Waals surface area contributed by atoms with Gasteiger partial charge < -0.3 is 4.90 Å². The van der Waals surface area contributed by atoms with Crippen molar-refractivity contribution in [3.05, 3.63) is 33.3 Å². The molecule has 0 bridgehead atoms. The van der Waals surface area contributed by atoms with Gasteiger partial charge in [0.15, 0.2) is 0 Å². The average molecular weight is 316 g/mol. The number of halogens is 2. The van der Waals surface area contributed by atoms with E-state index in [-0.39, 0.29) is 11.9 Å². The first-order valence-electron chi connectivity index (χ1n) is 5.06. The van der Waals surface area contributed by atoms with Gasteiger partial charge in [0, 0.05) is 22.6 Å². The minimum absolute atomic E-state index is 0.116. The number of carbonyl (C=O) groups excluding carboxylic acids is 1. The van der Waals surface area contributed by atoms with Gasteiger partial charge in [0.1, 0.15) is 0 Å². The molecule has 0 aliphatic heterocycles. The second-order valence-corrected chi connectivity index (χ2v) is 5.04. The maximum Gasteiger partial charge on any atom is 0.255 e. The molecule has 1 rings (SSSR count). The number of nitriles is 1. The van der Waals surface area contributed by atoms with E-state index in [1.165, 1.54) is 0 Å². The van der Waals surface area contributed by atoms with Crippen molar-refractivity contribution < 1.29 is 4.79 Å². The normalized spacial score (nSPS) is 11.7. The summed E-state index contributed by atoms with van der Waals surface area (Å²) >= 11 is 9.12. The molecule has 0 heterocycles. The maximum atomic E-state index is 12.1. The Morgan fingerprint density at radius 1 is 1.65 bits per heavy atom. The highest BCUT2D eigenvalue weighted by Gasteiger charge is 2.19. The Bertz CT molecular complexity index is 470. The molecule has 0 aromatic heterocycles. The van der Waals surface area contributed by atoms with Crippen molar-refractivity contribution >= 4 is 33.4 Å². The molecule has 0 fully saturated rings. The number of carbonyl (C=O) groups is 1. The van der Waals surface area contributed by atoms with Crippen molar-refractivity contribution in [1.29, 1.82) is 5.26 Å². The fourth-order valence-electron chi connectivity index (χ4n) is 1.32. The summed E-state index contributed by atoms with van der Waals surface area (Å²) in [5.74, 6) is -0.128. The second kappa shape index (κ2) is 6.04. The van der Waals surface area contributed by atoms with Crippen LogP contribution in [0.3, 0.4) is 0 Å². The van der Waals surface area contributed by atoms with E-state index in [0.29, 0.717) is 21.5 Å². The van der Waals surface area contributed by atoms with Gasteiger partial charge in [-0.1, -0.05) is 11.6 Å². The zero-order valence-corrected chi connectivity index (χ0v) is 11.9. The van der Waals surface area contributed by atoms with E-state index in [1.807, 2.05) is 6.92 Å². The van der Waals surface area contributed by atoms with Crippen molar-refractivity contribution in [1.82, 2.24) is 4.90 Å². The molecule has 1 aromatic carbocycles. The molecule has 0 saturated carbocycles. The highest BCUT2D eigenvalue weighted by atomic mass is 79.9. The molecule has 17 heavy (non-hydrogen) atoms. The molecule has 1 unspecified atom stereocenters. The van der Waals surface area contributed by atoms with E-state index < -0.39 is 0 Å². The first-order valence-corrected chi connectivity index (χ1v) is 6.23. The van der Waals surface area contributed by atoms with Crippen molar-refractivity contribution in [3.63, 3.8) is 0 Å². The number of rotatable bonds is 3. The van der Waals surface area contributed by atoms with Gasteiger partial charge in [0.2, 0.25) is 0 Å². The molecule has 5 heteroatoms. The van der Waals surface area contributed by atoms with Crippen molar-refractivity contribution in [3.8, 4) is 6.07 Å². The Morgan fingerprint density at radius 3 is 2.82 bits per heavy atom. The van der Waals surface area contributed by atoms with Crippen LogP contribution in [0.4, 0.5) is 0 Å². The lowest BCUT2D eigenvalue weighted by molar-refractivity contribution is 0.0745. The topological polar surface area (TPSA) is 44.1 Å². The van der Waals surface area contributed by atoms with Crippen LogP contribution in [0, 0.1) is 11.3 Å². The molecule has 0 N–H and O–H groups in total. The van der Waals surface area contributed by atoms with Crippen LogP contribution in [0.5, 0.6) is 0 Å². The van der Waals surface area contributed by atoms with Gasteiger partial charge in [-0.2, -0.15) is 5.26 Å². The number of hydrogen-bond acceptors (Lipinski definition) is 2. The summed E-state index contributed by atoms with van der Waals surface area (Å²) in [6, 6.07) is 6.95. The van der Waals surface area contributed by atoms with Gasteiger partial charge in [0.25, 0.3) is 5.91 Å². The lowest BCUT2D eigenvalue weighted by atomic mass is 10.1. The smallest absolute Gasteiger partial charge is 0.255 e. The Hall–Kier alpha value is -1.05. The van der Waals surface area contributed by atoms with Gasteiger partial charge in [-0.3, -0.25) is 4.79 Å². The van der Waals surface area contributed by atoms with E-state index in [4.69, 9.17) is 16.9 Å². The van der Waals surface area contributed by atoms with Crippen LogP contribution >= 0.6 is 27.5 Å². The van der Waals surface area contributed by atoms with Crippen molar-refractivity contribution in [2.45, 2.75) is 19.4 Å². The second-order valence-electron chi connectivity index (χ2n) is 3.75. The summed E-state index contributed by atoms with van der Waals surface area (Å²) in [7, 11) is 1.69. The highest BCUT2D eigenvalue weighted by molar-refractivity contribution is 9.10. The molecule has 0 aliphatic rings. The van der Waals surface area contributed by atoms with Crippen LogP contribution < -0.4 is 0 Å². The summed E-state index contributed by atoms with van der Waals surface area (Å²) in [6.07, 6.45) is 0.313. The number of nitrogens with zero attached hydrogens (tertiary/aromatic N) is 2. The zero-order chi connectivity index (χ0) is 13.0. The van der Waals surface area contributed by atoms with Crippen LogP contribution in [-0.4, -0.2) is 23.9 Å². The lowest BCUT2D eigenvalue weighted by Gasteiger charge is -2.23. The van der Waals surface area contributed by atoms with Gasteiger partial charge in [0.05, 0.1) is 18.1 Å². The molecular formula is C12H12BrClN2O. The van der Waals surface area contributed by atoms with Crippen LogP contribution in [0.15, 0.2) is 22.7 Å². The highest BCUT2D eigenvalue weighted by Crippen LogP contribution is 2.23. The third kappa shape index (κ3) is 3.45. The molecule has 1 atom stereocenters. The monoisotopic (exact) mass is 314 g/mol. The number of hydrogen-bond donors (Lipinski definition) is 0. The van der Waals surface area contributed by atoms with Gasteiger partial charge >= 0.3 is 0 Å². The minimum atomic E-state index is -0.128. The van der Waals surface area contributed by atoms with Gasteiger partial charge in [-0.05, 0) is 41.1 Å². The molecule has 3 nitrogen and oxygen atoms in total. The first kappa shape index (κ1) is 14.0. The van der Waals surface area contributed by atoms with E-state index in [2.05, 4.69) is 22.0 Å². The Balaban J connectivity index is 2.93. The van der Waals surface area contributed by atoms with Crippen molar-refractivity contribution in [2.75, 3.05) is 7.05 Å². The third-order valence-corrected chi connectivity index (χ3v) is 3.42. The quantitative estimate of drug-likeness (QED) is 0.857. The largest absolute Gasteiger partial charge is 0.338 e. The lowest BCUT2D eigenvalue weighted by Crippen LogP contribution is -2.35. The molecule has 0 saturated heterocycles. The summed E-state index contributed by atoms with van der Waals surface area (Å²) < 4.78 is 0.658. The standard InChI is InChI=1S/C12H12BrClN2O/c1-8(5-6-15)16(2)12(17)10-4-3-9(14)7-11(10)13/h3-4,7-8H,5H2,1-2H3. The number of benzene rings is 1. The van der Waals surface area contributed by atoms with E-state index in [1.54, 1.807) is 30.1 Å². The Morgan fingerprint density at radius 2 is 2.29 bits per heavy atom. The fraction of sp³-hybridized carbons (Fsp3) is 0.333. The minimum Gasteiger partial charge on any atom is -0.338 e. The molecular weight excluding hydrogens is 304 g/mol. The molecule has 0 radical (unpaired) electrons. The summed E-state index contributed by atoms with van der Waals surface area (Å²) in [5.41, 5.74) is 0.543. The van der Waals surface area contributed by atoms with E-state index in [9.17, 15) is 4.79 Å². The third-order valence-electron chi connectivity index (χ3n) is 2.53. The maximum absolute atomic E-state index is 12.1. The molecule has 90 valence electrons. The van der Waals surface area contributed by atoms with Gasteiger partial charge in [-0.15, -0.1) is 0 Å². The van der Waals surface area contributed by atoms with Gasteiger partial charge in [-0.25, -0.2) is 0 Å². The van der Waals surface area contributed by atoms with Crippen LogP contribution in [0.1, 0.15) is 23.7 Å². The average Bonchev–Trinajstić information content (AvgIpc) is 2.27. The van der Waals surface area contributed by atoms with E-state index >= 15 is 0 Å². The Labute approximate surface area is 114 Å². The van der Waals surface area contributed by atoms with Crippen LogP contribution in [0.2, 0.25) is 5.02 Å². The number of amides is 1. The summed E-state index contributed by atoms with van der Waals surface area (Å²) in [6.45, 7) is 1.84. The Kier molecular flexibility index (Phi) is 4.98. The SMILES string of the molecule is CC(CC#N)N(C)C(=O)c1ccc(Cl)cc1Br. The predicted octanol–water partition coefficient (Wildman–Crippen LogP) is 3.48. The molecule has 0 aliphatic carbocycles. The van der Waals surface area contributed by atoms with E-state index in [0.717, 1.165) is 0 Å². The van der Waals surface area contributed by atoms with Crippen LogP contribution in [-0.2, 0) is 0 Å². The molecule has 1 aromatic rings. The zero-order valence-electron chi connectivity index (χ0n) is 9.58. The first-order chi connectivity index (χ1) is 7.97. The molecule has 0 spiro atoms. The predicted molar refractivity (Wildman–Crippen MR) is 70.9 cm³/mol. The molecule has 1 amide bonds.